The molecule has 0 atom stereocenters. The molecule has 1 aromatic carbocycles. The second-order valence-electron chi connectivity index (χ2n) is 3.75. The molecule has 0 aliphatic rings. The van der Waals surface area contributed by atoms with Crippen molar-refractivity contribution in [1.29, 1.82) is 0 Å². The maximum atomic E-state index is 10.7. The van der Waals surface area contributed by atoms with Crippen molar-refractivity contribution < 1.29 is 9.90 Å². The highest BCUT2D eigenvalue weighted by molar-refractivity contribution is 6.30. The van der Waals surface area contributed by atoms with Crippen LogP contribution in [0.15, 0.2) is 36.5 Å². The Balaban J connectivity index is 2.43. The lowest BCUT2D eigenvalue weighted by Crippen LogP contribution is -1.99. The number of benzene rings is 1. The van der Waals surface area contributed by atoms with E-state index >= 15 is 0 Å². The van der Waals surface area contributed by atoms with E-state index in [0.717, 1.165) is 16.7 Å². The fourth-order valence-corrected chi connectivity index (χ4v) is 1.88. The van der Waals surface area contributed by atoms with E-state index in [1.807, 2.05) is 25.1 Å². The molecular weight excluding hydrogens is 238 g/mol. The van der Waals surface area contributed by atoms with Gasteiger partial charge in [0, 0.05) is 16.8 Å². The van der Waals surface area contributed by atoms with Gasteiger partial charge >= 0.3 is 5.97 Å². The van der Waals surface area contributed by atoms with Gasteiger partial charge in [0.15, 0.2) is 0 Å². The zero-order valence-corrected chi connectivity index (χ0v) is 9.90. The maximum absolute atomic E-state index is 10.7. The highest BCUT2D eigenvalue weighted by Crippen LogP contribution is 2.24. The number of carboxylic acids is 1. The Bertz CT molecular complexity index is 544. The monoisotopic (exact) mass is 247 g/mol. The molecule has 3 nitrogen and oxygen atoms in total. The van der Waals surface area contributed by atoms with Gasteiger partial charge in [-0.05, 0) is 36.2 Å². The summed E-state index contributed by atoms with van der Waals surface area (Å²) in [5.74, 6) is -1.03. The van der Waals surface area contributed by atoms with Gasteiger partial charge in [0.1, 0.15) is 5.69 Å². The number of nitrogens with zero attached hydrogens (tertiary/aromatic N) is 1. The Kier molecular flexibility index (Phi) is 3.11. The molecule has 0 amide bonds. The van der Waals surface area contributed by atoms with E-state index in [1.165, 1.54) is 12.3 Å². The van der Waals surface area contributed by atoms with Gasteiger partial charge in [-0.1, -0.05) is 23.7 Å². The van der Waals surface area contributed by atoms with E-state index in [1.54, 1.807) is 6.07 Å². The molecule has 2 rings (SSSR count). The molecule has 86 valence electrons. The number of aromatic carboxylic acids is 1. The van der Waals surface area contributed by atoms with Crippen molar-refractivity contribution in [2.75, 3.05) is 0 Å². The predicted octanol–water partition coefficient (Wildman–Crippen LogP) is 3.41. The number of hydrogen-bond acceptors (Lipinski definition) is 2. The summed E-state index contributed by atoms with van der Waals surface area (Å²) in [5, 5.41) is 9.41. The van der Waals surface area contributed by atoms with E-state index in [0.29, 0.717) is 5.02 Å². The normalized spacial score (nSPS) is 10.2. The van der Waals surface area contributed by atoms with Gasteiger partial charge in [-0.15, -0.1) is 0 Å². The topological polar surface area (TPSA) is 50.2 Å². The minimum absolute atomic E-state index is 0.0347. The molecule has 0 bridgehead atoms. The largest absolute Gasteiger partial charge is 0.477 e. The van der Waals surface area contributed by atoms with Crippen LogP contribution in [0.4, 0.5) is 0 Å². The first-order valence-electron chi connectivity index (χ1n) is 5.03. The number of carboxylic acid groups (broad SMARTS) is 1. The molecule has 17 heavy (non-hydrogen) atoms. The molecule has 0 aliphatic carbocycles. The highest BCUT2D eigenvalue weighted by atomic mass is 35.5. The van der Waals surface area contributed by atoms with Gasteiger partial charge in [0.25, 0.3) is 0 Å². The molecule has 4 heteroatoms. The number of hydrogen-bond donors (Lipinski definition) is 1. The molecule has 0 fully saturated rings. The lowest BCUT2D eigenvalue weighted by atomic mass is 10.1. The third kappa shape index (κ3) is 2.63. The van der Waals surface area contributed by atoms with Crippen molar-refractivity contribution in [3.8, 4) is 11.1 Å². The smallest absolute Gasteiger partial charge is 0.354 e. The quantitative estimate of drug-likeness (QED) is 0.885. The minimum atomic E-state index is -1.03. The molecule has 0 saturated heterocycles. The fourth-order valence-electron chi connectivity index (χ4n) is 1.59. The third-order valence-corrected chi connectivity index (χ3v) is 2.58. The van der Waals surface area contributed by atoms with Crippen molar-refractivity contribution in [3.63, 3.8) is 0 Å². The van der Waals surface area contributed by atoms with Crippen molar-refractivity contribution >= 4 is 17.6 Å². The summed E-state index contributed by atoms with van der Waals surface area (Å²) in [6, 6.07) is 8.87. The number of pyridine rings is 1. The molecule has 1 heterocycles. The number of aromatic nitrogens is 1. The van der Waals surface area contributed by atoms with Crippen LogP contribution in [0.5, 0.6) is 0 Å². The SMILES string of the molecule is Cc1cc(Cl)cc(-c2ccc(C(=O)O)nc2)c1. The number of halogens is 1. The Morgan fingerprint density at radius 1 is 1.24 bits per heavy atom. The molecule has 0 radical (unpaired) electrons. The van der Waals surface area contributed by atoms with E-state index < -0.39 is 5.97 Å². The van der Waals surface area contributed by atoms with Crippen LogP contribution in [0.3, 0.4) is 0 Å². The lowest BCUT2D eigenvalue weighted by Gasteiger charge is -2.04. The summed E-state index contributed by atoms with van der Waals surface area (Å²) in [4.78, 5) is 14.5. The highest BCUT2D eigenvalue weighted by Gasteiger charge is 2.05. The molecule has 1 aromatic heterocycles. The molecule has 0 unspecified atom stereocenters. The lowest BCUT2D eigenvalue weighted by molar-refractivity contribution is 0.0690. The second kappa shape index (κ2) is 4.55. The van der Waals surface area contributed by atoms with E-state index in [2.05, 4.69) is 4.98 Å². The van der Waals surface area contributed by atoms with Crippen LogP contribution >= 0.6 is 11.6 Å². The molecule has 0 saturated carbocycles. The van der Waals surface area contributed by atoms with Crippen LogP contribution in [0, 0.1) is 6.92 Å². The third-order valence-electron chi connectivity index (χ3n) is 2.36. The fraction of sp³-hybridized carbons (Fsp3) is 0.0769. The predicted molar refractivity (Wildman–Crippen MR) is 66.4 cm³/mol. The molecular formula is C13H10ClNO2. The van der Waals surface area contributed by atoms with Crippen molar-refractivity contribution in [2.45, 2.75) is 6.92 Å². The zero-order valence-electron chi connectivity index (χ0n) is 9.14. The summed E-state index contributed by atoms with van der Waals surface area (Å²) in [7, 11) is 0. The van der Waals surface area contributed by atoms with Gasteiger partial charge in [-0.25, -0.2) is 9.78 Å². The van der Waals surface area contributed by atoms with Crippen LogP contribution in [0.25, 0.3) is 11.1 Å². The van der Waals surface area contributed by atoms with Gasteiger partial charge in [0.05, 0.1) is 0 Å². The van der Waals surface area contributed by atoms with Gasteiger partial charge in [0.2, 0.25) is 0 Å². The molecule has 2 aromatic rings. The number of rotatable bonds is 2. The van der Waals surface area contributed by atoms with Crippen LogP contribution in [-0.2, 0) is 0 Å². The van der Waals surface area contributed by atoms with Gasteiger partial charge < -0.3 is 5.11 Å². The minimum Gasteiger partial charge on any atom is -0.477 e. The van der Waals surface area contributed by atoms with E-state index in [-0.39, 0.29) is 5.69 Å². The number of carbonyl (C=O) groups is 1. The van der Waals surface area contributed by atoms with Crippen molar-refractivity contribution in [3.05, 3.63) is 52.8 Å². The Morgan fingerprint density at radius 2 is 2.00 bits per heavy atom. The first-order chi connectivity index (χ1) is 8.06. The zero-order chi connectivity index (χ0) is 12.4. The van der Waals surface area contributed by atoms with Crippen molar-refractivity contribution in [1.82, 2.24) is 4.98 Å². The molecule has 0 aliphatic heterocycles. The maximum Gasteiger partial charge on any atom is 0.354 e. The first kappa shape index (κ1) is 11.6. The second-order valence-corrected chi connectivity index (χ2v) is 4.19. The summed E-state index contributed by atoms with van der Waals surface area (Å²) < 4.78 is 0. The van der Waals surface area contributed by atoms with E-state index in [4.69, 9.17) is 16.7 Å². The van der Waals surface area contributed by atoms with Crippen LogP contribution in [0.1, 0.15) is 16.1 Å². The average Bonchev–Trinajstić information content (AvgIpc) is 2.28. The van der Waals surface area contributed by atoms with E-state index in [9.17, 15) is 4.79 Å². The van der Waals surface area contributed by atoms with Crippen LogP contribution in [0.2, 0.25) is 5.02 Å². The summed E-state index contributed by atoms with van der Waals surface area (Å²) in [6.07, 6.45) is 1.54. The van der Waals surface area contributed by atoms with Gasteiger partial charge in [-0.2, -0.15) is 0 Å². The Labute approximate surface area is 104 Å². The van der Waals surface area contributed by atoms with Gasteiger partial charge in [-0.3, -0.25) is 0 Å². The first-order valence-corrected chi connectivity index (χ1v) is 5.41. The standard InChI is InChI=1S/C13H10ClNO2/c1-8-4-10(6-11(14)5-8)9-2-3-12(13(16)17)15-7-9/h2-7H,1H3,(H,16,17). The molecule has 0 spiro atoms. The van der Waals surface area contributed by atoms with Crippen LogP contribution < -0.4 is 0 Å². The summed E-state index contributed by atoms with van der Waals surface area (Å²) in [6.45, 7) is 1.95. The Morgan fingerprint density at radius 3 is 2.53 bits per heavy atom. The summed E-state index contributed by atoms with van der Waals surface area (Å²) in [5.41, 5.74) is 2.86. The van der Waals surface area contributed by atoms with Crippen molar-refractivity contribution in [2.24, 2.45) is 0 Å². The average molecular weight is 248 g/mol. The van der Waals surface area contributed by atoms with Crippen LogP contribution in [-0.4, -0.2) is 16.1 Å². The number of aryl methyl sites for hydroxylation is 1. The Hall–Kier alpha value is -1.87. The summed E-state index contributed by atoms with van der Waals surface area (Å²) >= 11 is 5.97. The molecule has 1 N–H and O–H groups in total.